The third-order valence-corrected chi connectivity index (χ3v) is 1.33. The minimum atomic E-state index is -0.134. The fourth-order valence-corrected chi connectivity index (χ4v) is 0.695. The van der Waals surface area contributed by atoms with E-state index in [2.05, 4.69) is 6.92 Å². The van der Waals surface area contributed by atoms with Gasteiger partial charge in [-0.05, 0) is 6.42 Å². The molecule has 0 unspecified atom stereocenters. The van der Waals surface area contributed by atoms with Crippen LogP contribution in [0.2, 0.25) is 0 Å². The summed E-state index contributed by atoms with van der Waals surface area (Å²) in [6, 6.07) is 0. The van der Waals surface area contributed by atoms with E-state index in [1.807, 2.05) is 0 Å². The number of hydrogen-bond donors (Lipinski definition) is 0. The van der Waals surface area contributed by atoms with Crippen molar-refractivity contribution < 1.29 is 14.3 Å². The van der Waals surface area contributed by atoms with Crippen molar-refractivity contribution in [3.8, 4) is 0 Å². The molecule has 0 N–H and O–H groups in total. The molecule has 0 atom stereocenters. The van der Waals surface area contributed by atoms with Crippen LogP contribution in [0.4, 0.5) is 0 Å². The first-order valence-corrected chi connectivity index (χ1v) is 4.54. The van der Waals surface area contributed by atoms with Gasteiger partial charge in [-0.15, -0.1) is 0 Å². The van der Waals surface area contributed by atoms with Crippen LogP contribution in [0, 0.1) is 0 Å². The Bertz CT molecular complexity index is 112. The van der Waals surface area contributed by atoms with E-state index in [4.69, 9.17) is 9.47 Å². The molecule has 72 valence electrons. The van der Waals surface area contributed by atoms with Gasteiger partial charge in [-0.1, -0.05) is 13.8 Å². The van der Waals surface area contributed by atoms with Crippen LogP contribution < -0.4 is 0 Å². The lowest BCUT2D eigenvalue weighted by atomic mass is 10.4. The predicted octanol–water partition coefficient (Wildman–Crippen LogP) is 1.76. The zero-order valence-electron chi connectivity index (χ0n) is 7.97. The topological polar surface area (TPSA) is 35.5 Å². The van der Waals surface area contributed by atoms with Crippen LogP contribution in [0.1, 0.15) is 33.1 Å². The molecule has 12 heavy (non-hydrogen) atoms. The summed E-state index contributed by atoms with van der Waals surface area (Å²) in [7, 11) is 0. The number of carbonyl (C=O) groups is 1. The maximum Gasteiger partial charge on any atom is 0.305 e. The van der Waals surface area contributed by atoms with Gasteiger partial charge in [0, 0.05) is 26.1 Å². The third-order valence-electron chi connectivity index (χ3n) is 1.33. The van der Waals surface area contributed by atoms with Gasteiger partial charge in [-0.2, -0.15) is 0 Å². The lowest BCUT2D eigenvalue weighted by molar-refractivity contribution is -0.143. The van der Waals surface area contributed by atoms with Crippen molar-refractivity contribution in [3.05, 3.63) is 0 Å². The summed E-state index contributed by atoms with van der Waals surface area (Å²) in [5, 5.41) is 0. The van der Waals surface area contributed by atoms with Crippen LogP contribution in [-0.4, -0.2) is 25.8 Å². The molecule has 0 bridgehead atoms. The lowest BCUT2D eigenvalue weighted by Gasteiger charge is -2.03. The van der Waals surface area contributed by atoms with Gasteiger partial charge in [-0.25, -0.2) is 0 Å². The SMILES string of the molecule is CCCOCCCOC(=O)CC. The average Bonchev–Trinajstić information content (AvgIpc) is 2.10. The van der Waals surface area contributed by atoms with Crippen molar-refractivity contribution in [2.24, 2.45) is 0 Å². The second-order valence-corrected chi connectivity index (χ2v) is 2.54. The number of esters is 1. The molecular formula is C9H18O3. The maximum absolute atomic E-state index is 10.6. The average molecular weight is 174 g/mol. The Balaban J connectivity index is 2.95. The lowest BCUT2D eigenvalue weighted by Crippen LogP contribution is -2.06. The quantitative estimate of drug-likeness (QED) is 0.436. The Labute approximate surface area is 74.0 Å². The summed E-state index contributed by atoms with van der Waals surface area (Å²) in [6.07, 6.45) is 2.29. The molecule has 0 radical (unpaired) electrons. The van der Waals surface area contributed by atoms with Crippen LogP contribution in [0.15, 0.2) is 0 Å². The monoisotopic (exact) mass is 174 g/mol. The van der Waals surface area contributed by atoms with Crippen molar-refractivity contribution in [3.63, 3.8) is 0 Å². The van der Waals surface area contributed by atoms with E-state index in [9.17, 15) is 4.79 Å². The van der Waals surface area contributed by atoms with Crippen LogP contribution in [0.5, 0.6) is 0 Å². The molecule has 0 heterocycles. The molecule has 3 nitrogen and oxygen atoms in total. The molecule has 0 spiro atoms. The second-order valence-electron chi connectivity index (χ2n) is 2.54. The Morgan fingerprint density at radius 1 is 1.17 bits per heavy atom. The van der Waals surface area contributed by atoms with Crippen molar-refractivity contribution in [1.82, 2.24) is 0 Å². The fourth-order valence-electron chi connectivity index (χ4n) is 0.695. The van der Waals surface area contributed by atoms with E-state index in [1.165, 1.54) is 0 Å². The smallest absolute Gasteiger partial charge is 0.305 e. The minimum Gasteiger partial charge on any atom is -0.466 e. The van der Waals surface area contributed by atoms with Gasteiger partial charge in [0.25, 0.3) is 0 Å². The molecule has 0 aromatic carbocycles. The molecular weight excluding hydrogens is 156 g/mol. The Morgan fingerprint density at radius 3 is 2.50 bits per heavy atom. The Kier molecular flexibility index (Phi) is 8.12. The van der Waals surface area contributed by atoms with E-state index >= 15 is 0 Å². The normalized spacial score (nSPS) is 9.83. The first kappa shape index (κ1) is 11.4. The maximum atomic E-state index is 10.6. The van der Waals surface area contributed by atoms with Gasteiger partial charge in [0.1, 0.15) is 0 Å². The van der Waals surface area contributed by atoms with E-state index in [0.29, 0.717) is 19.6 Å². The summed E-state index contributed by atoms with van der Waals surface area (Å²) < 4.78 is 10.1. The van der Waals surface area contributed by atoms with Gasteiger partial charge in [0.15, 0.2) is 0 Å². The highest BCUT2D eigenvalue weighted by Gasteiger charge is 1.96. The van der Waals surface area contributed by atoms with Crippen LogP contribution in [0.25, 0.3) is 0 Å². The van der Waals surface area contributed by atoms with Crippen molar-refractivity contribution >= 4 is 5.97 Å². The van der Waals surface area contributed by atoms with Crippen LogP contribution in [-0.2, 0) is 14.3 Å². The molecule has 0 rings (SSSR count). The molecule has 0 aliphatic carbocycles. The highest BCUT2D eigenvalue weighted by molar-refractivity contribution is 5.68. The summed E-state index contributed by atoms with van der Waals surface area (Å²) in [6.45, 7) is 5.82. The number of ether oxygens (including phenoxy) is 2. The molecule has 3 heteroatoms. The summed E-state index contributed by atoms with van der Waals surface area (Å²) in [5.41, 5.74) is 0. The zero-order chi connectivity index (χ0) is 9.23. The highest BCUT2D eigenvalue weighted by atomic mass is 16.5. The molecule has 0 aliphatic rings. The molecule has 0 saturated heterocycles. The molecule has 0 aromatic heterocycles. The first-order chi connectivity index (χ1) is 5.81. The molecule has 0 amide bonds. The van der Waals surface area contributed by atoms with Gasteiger partial charge >= 0.3 is 5.97 Å². The molecule has 0 aromatic rings. The van der Waals surface area contributed by atoms with Crippen LogP contribution >= 0.6 is 0 Å². The zero-order valence-corrected chi connectivity index (χ0v) is 7.97. The second kappa shape index (κ2) is 8.53. The fraction of sp³-hybridized carbons (Fsp3) is 0.889. The number of hydrogen-bond acceptors (Lipinski definition) is 3. The van der Waals surface area contributed by atoms with E-state index < -0.39 is 0 Å². The van der Waals surface area contributed by atoms with Crippen molar-refractivity contribution in [1.29, 1.82) is 0 Å². The van der Waals surface area contributed by atoms with E-state index in [-0.39, 0.29) is 5.97 Å². The molecule has 0 saturated carbocycles. The Hall–Kier alpha value is -0.570. The Morgan fingerprint density at radius 2 is 1.92 bits per heavy atom. The first-order valence-electron chi connectivity index (χ1n) is 4.54. The predicted molar refractivity (Wildman–Crippen MR) is 47.0 cm³/mol. The number of carbonyl (C=O) groups excluding carboxylic acids is 1. The molecule has 0 fully saturated rings. The van der Waals surface area contributed by atoms with Gasteiger partial charge in [-0.3, -0.25) is 4.79 Å². The van der Waals surface area contributed by atoms with Crippen LogP contribution in [0.3, 0.4) is 0 Å². The van der Waals surface area contributed by atoms with E-state index in [1.54, 1.807) is 6.92 Å². The largest absolute Gasteiger partial charge is 0.466 e. The third kappa shape index (κ3) is 7.54. The van der Waals surface area contributed by atoms with Gasteiger partial charge in [0.2, 0.25) is 0 Å². The molecule has 0 aliphatic heterocycles. The van der Waals surface area contributed by atoms with Gasteiger partial charge < -0.3 is 9.47 Å². The van der Waals surface area contributed by atoms with Crippen molar-refractivity contribution in [2.75, 3.05) is 19.8 Å². The highest BCUT2D eigenvalue weighted by Crippen LogP contribution is 1.89. The summed E-state index contributed by atoms with van der Waals surface area (Å²) in [5.74, 6) is -0.134. The van der Waals surface area contributed by atoms with E-state index in [0.717, 1.165) is 19.4 Å². The summed E-state index contributed by atoms with van der Waals surface area (Å²) in [4.78, 5) is 10.6. The minimum absolute atomic E-state index is 0.134. The summed E-state index contributed by atoms with van der Waals surface area (Å²) >= 11 is 0. The number of rotatable bonds is 7. The standard InChI is InChI=1S/C9H18O3/c1-3-6-11-7-5-8-12-9(10)4-2/h3-8H2,1-2H3. The van der Waals surface area contributed by atoms with Crippen molar-refractivity contribution in [2.45, 2.75) is 33.1 Å². The van der Waals surface area contributed by atoms with Gasteiger partial charge in [0.05, 0.1) is 6.61 Å².